The first kappa shape index (κ1) is 12.0. The first-order chi connectivity index (χ1) is 8.72. The van der Waals surface area contributed by atoms with Gasteiger partial charge in [-0.2, -0.15) is 5.10 Å². The molecule has 18 heavy (non-hydrogen) atoms. The second kappa shape index (κ2) is 5.26. The van der Waals surface area contributed by atoms with Gasteiger partial charge in [-0.25, -0.2) is 14.5 Å². The normalized spacial score (nSPS) is 11.9. The van der Waals surface area contributed by atoms with Crippen LogP contribution in [0.15, 0.2) is 30.9 Å². The van der Waals surface area contributed by atoms with Gasteiger partial charge in [-0.15, -0.1) is 0 Å². The summed E-state index contributed by atoms with van der Waals surface area (Å²) < 4.78 is 6.19. The van der Waals surface area contributed by atoms with Crippen molar-refractivity contribution < 1.29 is 9.53 Å². The number of carbonyl (C=O) groups excluding carboxylic acids is 1. The molecule has 1 unspecified atom stereocenters. The van der Waals surface area contributed by atoms with Gasteiger partial charge in [-0.1, -0.05) is 0 Å². The summed E-state index contributed by atoms with van der Waals surface area (Å²) >= 11 is 0. The second-order valence-corrected chi connectivity index (χ2v) is 3.59. The topological polar surface area (TPSA) is 81.9 Å². The number of hydrogen-bond donors (Lipinski definition) is 1. The van der Waals surface area contributed by atoms with E-state index in [0.29, 0.717) is 5.82 Å². The predicted octanol–water partition coefficient (Wildman–Crippen LogP) is 1.08. The second-order valence-electron chi connectivity index (χ2n) is 3.59. The number of hydrogen-bond acceptors (Lipinski definition) is 5. The molecular formula is C11H13N5O2. The van der Waals surface area contributed by atoms with E-state index < -0.39 is 6.09 Å². The molecule has 0 aliphatic rings. The Hall–Kier alpha value is -2.44. The lowest BCUT2D eigenvalue weighted by atomic mass is 10.3. The fourth-order valence-corrected chi connectivity index (χ4v) is 1.53. The van der Waals surface area contributed by atoms with Gasteiger partial charge in [0.25, 0.3) is 0 Å². The van der Waals surface area contributed by atoms with Gasteiger partial charge in [0.05, 0.1) is 18.8 Å². The maximum Gasteiger partial charge on any atom is 0.407 e. The van der Waals surface area contributed by atoms with Gasteiger partial charge in [-0.05, 0) is 19.1 Å². The van der Waals surface area contributed by atoms with Gasteiger partial charge >= 0.3 is 6.09 Å². The Balaban J connectivity index is 2.25. The zero-order chi connectivity index (χ0) is 13.0. The number of ether oxygens (including phenoxy) is 1. The first-order valence-corrected chi connectivity index (χ1v) is 5.37. The Kier molecular flexibility index (Phi) is 3.52. The average Bonchev–Trinajstić information content (AvgIpc) is 2.88. The average molecular weight is 247 g/mol. The lowest BCUT2D eigenvalue weighted by Crippen LogP contribution is -2.28. The Morgan fingerprint density at radius 1 is 1.44 bits per heavy atom. The summed E-state index contributed by atoms with van der Waals surface area (Å²) in [5.74, 6) is 0.617. The highest BCUT2D eigenvalue weighted by Gasteiger charge is 2.16. The van der Waals surface area contributed by atoms with E-state index >= 15 is 0 Å². The van der Waals surface area contributed by atoms with Crippen molar-refractivity contribution in [2.75, 3.05) is 7.11 Å². The van der Waals surface area contributed by atoms with E-state index in [2.05, 4.69) is 25.1 Å². The molecule has 2 heterocycles. The number of nitrogens with one attached hydrogen (secondary N) is 1. The maximum absolute atomic E-state index is 11.2. The summed E-state index contributed by atoms with van der Waals surface area (Å²) in [5, 5.41) is 6.77. The van der Waals surface area contributed by atoms with Gasteiger partial charge in [0, 0.05) is 12.4 Å². The lowest BCUT2D eigenvalue weighted by molar-refractivity contribution is 0.167. The molecule has 2 aromatic heterocycles. The van der Waals surface area contributed by atoms with Crippen molar-refractivity contribution in [2.24, 2.45) is 0 Å². The monoisotopic (exact) mass is 247 g/mol. The molecule has 7 nitrogen and oxygen atoms in total. The minimum absolute atomic E-state index is 0.312. The Morgan fingerprint density at radius 3 is 2.83 bits per heavy atom. The fourth-order valence-electron chi connectivity index (χ4n) is 1.53. The molecule has 0 aromatic carbocycles. The summed E-state index contributed by atoms with van der Waals surface area (Å²) in [7, 11) is 1.32. The van der Waals surface area contributed by atoms with Crippen molar-refractivity contribution in [3.05, 3.63) is 36.7 Å². The van der Waals surface area contributed by atoms with Gasteiger partial charge in [0.2, 0.25) is 0 Å². The molecule has 0 aliphatic carbocycles. The van der Waals surface area contributed by atoms with E-state index in [0.717, 1.165) is 5.69 Å². The smallest absolute Gasteiger partial charge is 0.407 e. The summed E-state index contributed by atoms with van der Waals surface area (Å²) in [5.41, 5.74) is 0.830. The first-order valence-electron chi connectivity index (χ1n) is 5.37. The highest BCUT2D eigenvalue weighted by molar-refractivity contribution is 5.67. The molecule has 0 aliphatic heterocycles. The van der Waals surface area contributed by atoms with Crippen molar-refractivity contribution in [1.29, 1.82) is 0 Å². The SMILES string of the molecule is COC(=O)NC(C)c1ncnn1-c1ccncc1. The molecule has 0 fully saturated rings. The van der Waals surface area contributed by atoms with Crippen LogP contribution in [0, 0.1) is 0 Å². The molecule has 1 N–H and O–H groups in total. The van der Waals surface area contributed by atoms with Crippen LogP contribution in [0.1, 0.15) is 18.8 Å². The molecule has 1 atom stereocenters. The molecule has 94 valence electrons. The van der Waals surface area contributed by atoms with Crippen molar-refractivity contribution in [1.82, 2.24) is 25.1 Å². The maximum atomic E-state index is 11.2. The number of amides is 1. The van der Waals surface area contributed by atoms with Crippen molar-refractivity contribution in [2.45, 2.75) is 13.0 Å². The van der Waals surface area contributed by atoms with Crippen LogP contribution < -0.4 is 5.32 Å². The largest absolute Gasteiger partial charge is 0.453 e. The summed E-state index contributed by atoms with van der Waals surface area (Å²) in [6.07, 6.45) is 4.26. The van der Waals surface area contributed by atoms with E-state index in [4.69, 9.17) is 0 Å². The van der Waals surface area contributed by atoms with Crippen LogP contribution in [0.5, 0.6) is 0 Å². The zero-order valence-electron chi connectivity index (χ0n) is 10.1. The van der Waals surface area contributed by atoms with E-state index in [9.17, 15) is 4.79 Å². The van der Waals surface area contributed by atoms with Crippen LogP contribution >= 0.6 is 0 Å². The van der Waals surface area contributed by atoms with Crippen LogP contribution in [0.25, 0.3) is 5.69 Å². The van der Waals surface area contributed by atoms with Gasteiger partial charge < -0.3 is 10.1 Å². The molecule has 0 bridgehead atoms. The van der Waals surface area contributed by atoms with Crippen LogP contribution in [-0.4, -0.2) is 33.0 Å². The molecule has 1 amide bonds. The minimum atomic E-state index is -0.508. The van der Waals surface area contributed by atoms with Crippen LogP contribution in [0.4, 0.5) is 4.79 Å². The Morgan fingerprint density at radius 2 is 2.17 bits per heavy atom. The molecule has 0 spiro atoms. The summed E-state index contributed by atoms with van der Waals surface area (Å²) in [6, 6.07) is 3.31. The molecular weight excluding hydrogens is 234 g/mol. The van der Waals surface area contributed by atoms with E-state index in [1.807, 2.05) is 12.1 Å². The molecule has 0 saturated heterocycles. The van der Waals surface area contributed by atoms with Gasteiger partial charge in [0.15, 0.2) is 5.82 Å². The highest BCUT2D eigenvalue weighted by Crippen LogP contribution is 2.13. The van der Waals surface area contributed by atoms with Gasteiger partial charge in [0.1, 0.15) is 6.33 Å². The van der Waals surface area contributed by atoms with Crippen molar-refractivity contribution in [3.8, 4) is 5.69 Å². The number of pyridine rings is 1. The third-order valence-electron chi connectivity index (χ3n) is 2.39. The fraction of sp³-hybridized carbons (Fsp3) is 0.273. The van der Waals surface area contributed by atoms with Crippen molar-refractivity contribution >= 4 is 6.09 Å². The summed E-state index contributed by atoms with van der Waals surface area (Å²) in [4.78, 5) is 19.2. The van der Waals surface area contributed by atoms with Crippen LogP contribution in [0.3, 0.4) is 0 Å². The van der Waals surface area contributed by atoms with E-state index in [1.54, 1.807) is 24.0 Å². The third-order valence-corrected chi connectivity index (χ3v) is 2.39. The molecule has 7 heteroatoms. The Labute approximate surface area is 104 Å². The van der Waals surface area contributed by atoms with Crippen LogP contribution in [-0.2, 0) is 4.74 Å². The molecule has 2 aromatic rings. The van der Waals surface area contributed by atoms with E-state index in [1.165, 1.54) is 13.4 Å². The number of aromatic nitrogens is 4. The highest BCUT2D eigenvalue weighted by atomic mass is 16.5. The van der Waals surface area contributed by atoms with Crippen LogP contribution in [0.2, 0.25) is 0 Å². The molecule has 0 radical (unpaired) electrons. The minimum Gasteiger partial charge on any atom is -0.453 e. The summed E-state index contributed by atoms with van der Waals surface area (Å²) in [6.45, 7) is 1.80. The molecule has 2 rings (SSSR count). The number of nitrogens with zero attached hydrogens (tertiary/aromatic N) is 4. The van der Waals surface area contributed by atoms with Crippen molar-refractivity contribution in [3.63, 3.8) is 0 Å². The quantitative estimate of drug-likeness (QED) is 0.877. The number of rotatable bonds is 3. The van der Waals surface area contributed by atoms with Gasteiger partial charge in [-0.3, -0.25) is 4.98 Å². The molecule has 0 saturated carbocycles. The number of alkyl carbamates (subject to hydrolysis) is 1. The van der Waals surface area contributed by atoms with E-state index in [-0.39, 0.29) is 6.04 Å². The lowest BCUT2D eigenvalue weighted by Gasteiger charge is -2.13. The predicted molar refractivity (Wildman–Crippen MR) is 63.1 cm³/mol. The Bertz CT molecular complexity index is 525. The third kappa shape index (κ3) is 2.45. The zero-order valence-corrected chi connectivity index (χ0v) is 10.1. The number of carbonyl (C=O) groups is 1. The standard InChI is InChI=1S/C11H13N5O2/c1-8(15-11(17)18-2)10-13-7-14-16(10)9-3-5-12-6-4-9/h3-8H,1-2H3,(H,15,17). The number of methoxy groups -OCH3 is 1.